The van der Waals surface area contributed by atoms with Gasteiger partial charge in [-0.1, -0.05) is 0 Å². The monoisotopic (exact) mass is 335 g/mol. The van der Waals surface area contributed by atoms with E-state index in [1.54, 1.807) is 37.9 Å². The first kappa shape index (κ1) is 18.3. The van der Waals surface area contributed by atoms with Gasteiger partial charge in [-0.05, 0) is 55.9 Å². The number of carboxylic acid groups (broad SMARTS) is 1. The van der Waals surface area contributed by atoms with Crippen molar-refractivity contribution in [3.63, 3.8) is 0 Å². The third-order valence-corrected chi connectivity index (χ3v) is 4.02. The van der Waals surface area contributed by atoms with Crippen molar-refractivity contribution in [2.75, 3.05) is 33.4 Å². The molecule has 0 radical (unpaired) electrons. The molecule has 2 rings (SSSR count). The lowest BCUT2D eigenvalue weighted by Gasteiger charge is -2.19. The van der Waals surface area contributed by atoms with Gasteiger partial charge in [-0.2, -0.15) is 0 Å². The lowest BCUT2D eigenvalue weighted by molar-refractivity contribution is -0.139. The van der Waals surface area contributed by atoms with E-state index in [-0.39, 0.29) is 5.91 Å². The Labute approximate surface area is 142 Å². The van der Waals surface area contributed by atoms with Crippen LogP contribution in [0.3, 0.4) is 0 Å². The number of hydrogen-bond donors (Lipinski definition) is 1. The minimum atomic E-state index is -1.03. The number of aryl methyl sites for hydroxylation is 2. The molecule has 132 valence electrons. The fourth-order valence-corrected chi connectivity index (χ4v) is 2.49. The summed E-state index contributed by atoms with van der Waals surface area (Å²) >= 11 is 0. The Morgan fingerprint density at radius 1 is 1.25 bits per heavy atom. The number of likely N-dealkylation sites (N-methyl/N-ethyl adjacent to an activating group) is 1. The van der Waals surface area contributed by atoms with Gasteiger partial charge in [-0.25, -0.2) is 4.79 Å². The average molecular weight is 335 g/mol. The highest BCUT2D eigenvalue weighted by Gasteiger charge is 2.21. The van der Waals surface area contributed by atoms with E-state index in [1.165, 1.54) is 12.8 Å². The molecule has 1 aliphatic rings. The summed E-state index contributed by atoms with van der Waals surface area (Å²) in [5.41, 5.74) is 2.06. The number of benzene rings is 1. The van der Waals surface area contributed by atoms with Crippen LogP contribution in [0.5, 0.6) is 5.75 Å². The number of hydrogen-bond acceptors (Lipinski definition) is 4. The predicted octanol–water partition coefficient (Wildman–Crippen LogP) is 2.27. The van der Waals surface area contributed by atoms with Gasteiger partial charge < -0.3 is 19.5 Å². The topological polar surface area (TPSA) is 76.1 Å². The molecule has 1 aliphatic carbocycles. The Kier molecular flexibility index (Phi) is 6.20. The average Bonchev–Trinajstić information content (AvgIpc) is 3.33. The Bertz CT molecular complexity index is 586. The third-order valence-electron chi connectivity index (χ3n) is 4.02. The lowest BCUT2D eigenvalue weighted by Crippen LogP contribution is -2.30. The van der Waals surface area contributed by atoms with E-state index in [9.17, 15) is 9.59 Å². The van der Waals surface area contributed by atoms with Gasteiger partial charge in [0.15, 0.2) is 6.61 Å². The molecule has 0 unspecified atom stereocenters. The maximum absolute atomic E-state index is 12.5. The second-order valence-corrected chi connectivity index (χ2v) is 6.37. The van der Waals surface area contributed by atoms with Crippen molar-refractivity contribution in [3.05, 3.63) is 28.8 Å². The van der Waals surface area contributed by atoms with E-state index >= 15 is 0 Å². The van der Waals surface area contributed by atoms with Gasteiger partial charge in [0.1, 0.15) is 5.75 Å². The second kappa shape index (κ2) is 8.15. The van der Waals surface area contributed by atoms with Crippen molar-refractivity contribution in [2.24, 2.45) is 5.92 Å². The van der Waals surface area contributed by atoms with E-state index in [2.05, 4.69) is 0 Å². The van der Waals surface area contributed by atoms with Crippen LogP contribution in [0.2, 0.25) is 0 Å². The molecule has 6 heteroatoms. The number of amides is 1. The number of nitrogens with zero attached hydrogens (tertiary/aromatic N) is 1. The molecule has 6 nitrogen and oxygen atoms in total. The molecule has 0 heterocycles. The van der Waals surface area contributed by atoms with Crippen molar-refractivity contribution < 1.29 is 24.2 Å². The van der Waals surface area contributed by atoms with Gasteiger partial charge >= 0.3 is 5.97 Å². The van der Waals surface area contributed by atoms with Crippen molar-refractivity contribution in [1.29, 1.82) is 0 Å². The van der Waals surface area contributed by atoms with Crippen molar-refractivity contribution in [2.45, 2.75) is 26.7 Å². The van der Waals surface area contributed by atoms with E-state index in [0.29, 0.717) is 24.5 Å². The first-order valence-corrected chi connectivity index (χ1v) is 8.17. The van der Waals surface area contributed by atoms with Gasteiger partial charge in [0.2, 0.25) is 0 Å². The highest BCUT2D eigenvalue weighted by molar-refractivity contribution is 5.94. The van der Waals surface area contributed by atoms with Crippen LogP contribution in [-0.4, -0.2) is 55.3 Å². The molecule has 0 aliphatic heterocycles. The lowest BCUT2D eigenvalue weighted by atomic mass is 10.0. The largest absolute Gasteiger partial charge is 0.481 e. The zero-order valence-corrected chi connectivity index (χ0v) is 14.5. The maximum atomic E-state index is 12.5. The molecule has 1 saturated carbocycles. The normalized spacial score (nSPS) is 13.6. The van der Waals surface area contributed by atoms with Gasteiger partial charge in [-0.15, -0.1) is 0 Å². The molecular formula is C18H25NO5. The molecule has 1 amide bonds. The van der Waals surface area contributed by atoms with Crippen LogP contribution in [0.15, 0.2) is 12.1 Å². The highest BCUT2D eigenvalue weighted by atomic mass is 16.5. The summed E-state index contributed by atoms with van der Waals surface area (Å²) in [5, 5.41) is 8.72. The summed E-state index contributed by atoms with van der Waals surface area (Å²) in [6.45, 7) is 5.08. The van der Waals surface area contributed by atoms with Crippen LogP contribution in [0.1, 0.15) is 34.3 Å². The molecule has 1 aromatic rings. The molecule has 0 atom stereocenters. The van der Waals surface area contributed by atoms with E-state index < -0.39 is 12.6 Å². The van der Waals surface area contributed by atoms with Crippen LogP contribution < -0.4 is 4.74 Å². The number of aliphatic carboxylic acids is 1. The fraction of sp³-hybridized carbons (Fsp3) is 0.556. The van der Waals surface area contributed by atoms with Gasteiger partial charge in [0.05, 0.1) is 6.61 Å². The van der Waals surface area contributed by atoms with Crippen LogP contribution in [0.25, 0.3) is 0 Å². The summed E-state index contributed by atoms with van der Waals surface area (Å²) in [6.07, 6.45) is 2.51. The van der Waals surface area contributed by atoms with E-state index in [0.717, 1.165) is 23.7 Å². The molecule has 0 bridgehead atoms. The predicted molar refractivity (Wildman–Crippen MR) is 89.6 cm³/mol. The van der Waals surface area contributed by atoms with Crippen molar-refractivity contribution >= 4 is 11.9 Å². The van der Waals surface area contributed by atoms with Crippen LogP contribution in [0, 0.1) is 19.8 Å². The van der Waals surface area contributed by atoms with Gasteiger partial charge in [0, 0.05) is 25.8 Å². The number of ether oxygens (including phenoxy) is 2. The minimum Gasteiger partial charge on any atom is -0.481 e. The van der Waals surface area contributed by atoms with Crippen LogP contribution in [-0.2, 0) is 9.53 Å². The summed E-state index contributed by atoms with van der Waals surface area (Å²) in [6, 6.07) is 3.46. The molecular weight excluding hydrogens is 310 g/mol. The standard InChI is InChI=1S/C18H25NO5/c1-12-8-15(9-13(2)17(12)24-11-16(20)21)18(22)19(3)6-7-23-10-14-4-5-14/h8-9,14H,4-7,10-11H2,1-3H3,(H,20,21). The summed E-state index contributed by atoms with van der Waals surface area (Å²) in [4.78, 5) is 24.8. The Hall–Kier alpha value is -2.08. The Morgan fingerprint density at radius 2 is 1.88 bits per heavy atom. The van der Waals surface area contributed by atoms with Gasteiger partial charge in [0.25, 0.3) is 5.91 Å². The zero-order chi connectivity index (χ0) is 17.7. The maximum Gasteiger partial charge on any atom is 0.341 e. The summed E-state index contributed by atoms with van der Waals surface area (Å²) in [7, 11) is 1.75. The molecule has 24 heavy (non-hydrogen) atoms. The number of carboxylic acids is 1. The first-order valence-electron chi connectivity index (χ1n) is 8.17. The molecule has 1 aromatic carbocycles. The first-order chi connectivity index (χ1) is 11.4. The second-order valence-electron chi connectivity index (χ2n) is 6.37. The third kappa shape index (κ3) is 5.23. The SMILES string of the molecule is Cc1cc(C(=O)N(C)CCOCC2CC2)cc(C)c1OCC(=O)O. The van der Waals surface area contributed by atoms with E-state index in [1.807, 2.05) is 0 Å². The molecule has 0 saturated heterocycles. The molecule has 1 fully saturated rings. The van der Waals surface area contributed by atoms with Crippen LogP contribution >= 0.6 is 0 Å². The number of carbonyl (C=O) groups excluding carboxylic acids is 1. The van der Waals surface area contributed by atoms with Crippen molar-refractivity contribution in [3.8, 4) is 5.75 Å². The van der Waals surface area contributed by atoms with Crippen molar-refractivity contribution in [1.82, 2.24) is 4.90 Å². The number of carbonyl (C=O) groups is 2. The Morgan fingerprint density at radius 3 is 2.42 bits per heavy atom. The summed E-state index contributed by atoms with van der Waals surface area (Å²) < 4.78 is 10.9. The van der Waals surface area contributed by atoms with Crippen LogP contribution in [0.4, 0.5) is 0 Å². The molecule has 0 aromatic heterocycles. The van der Waals surface area contributed by atoms with E-state index in [4.69, 9.17) is 14.6 Å². The zero-order valence-electron chi connectivity index (χ0n) is 14.5. The smallest absolute Gasteiger partial charge is 0.341 e. The fourth-order valence-electron chi connectivity index (χ4n) is 2.49. The quantitative estimate of drug-likeness (QED) is 0.701. The Balaban J connectivity index is 1.93. The number of rotatable bonds is 9. The molecule has 1 N–H and O–H groups in total. The highest BCUT2D eigenvalue weighted by Crippen LogP contribution is 2.28. The molecule has 0 spiro atoms. The minimum absolute atomic E-state index is 0.0824. The van der Waals surface area contributed by atoms with Gasteiger partial charge in [-0.3, -0.25) is 4.79 Å². The summed E-state index contributed by atoms with van der Waals surface area (Å²) in [5.74, 6) is 0.125.